The molecule has 1 aromatic heterocycles. The Morgan fingerprint density at radius 2 is 2.12 bits per heavy atom. The van der Waals surface area contributed by atoms with Gasteiger partial charge in [0.25, 0.3) is 0 Å². The van der Waals surface area contributed by atoms with Crippen LogP contribution in [0.15, 0.2) is 30.3 Å². The van der Waals surface area contributed by atoms with Crippen molar-refractivity contribution in [2.45, 2.75) is 32.4 Å². The number of aromatic amines is 1. The third kappa shape index (κ3) is 5.94. The second-order valence-corrected chi connectivity index (χ2v) is 7.16. The summed E-state index contributed by atoms with van der Waals surface area (Å²) in [6.45, 7) is 6.65. The van der Waals surface area contributed by atoms with Gasteiger partial charge in [-0.1, -0.05) is 12.2 Å². The van der Waals surface area contributed by atoms with Crippen molar-refractivity contribution in [2.24, 2.45) is 0 Å². The fraction of sp³-hybridized carbons (Fsp3) is 0.389. The van der Waals surface area contributed by atoms with Crippen molar-refractivity contribution in [3.63, 3.8) is 0 Å². The zero-order valence-electron chi connectivity index (χ0n) is 14.5. The van der Waals surface area contributed by atoms with Crippen LogP contribution in [0.1, 0.15) is 26.3 Å². The van der Waals surface area contributed by atoms with E-state index in [4.69, 9.17) is 22.2 Å². The summed E-state index contributed by atoms with van der Waals surface area (Å²) in [6.07, 6.45) is -0.655. The average molecular weight is 358 g/mol. The van der Waals surface area contributed by atoms with E-state index in [1.807, 2.05) is 20.8 Å². The molecule has 3 N–H and O–H groups in total. The zero-order chi connectivity index (χ0) is 18.4. The van der Waals surface area contributed by atoms with E-state index in [0.717, 1.165) is 0 Å². The minimum atomic E-state index is -0.655. The van der Waals surface area contributed by atoms with Gasteiger partial charge in [0.05, 0.1) is 17.3 Å². The molecule has 0 spiro atoms. The normalized spacial score (nSPS) is 12.4. The molecule has 1 atom stereocenters. The molecule has 2 aromatic rings. The first-order chi connectivity index (χ1) is 11.8. The maximum Gasteiger partial charge on any atom is 0.128 e. The Kier molecular flexibility index (Phi) is 6.26. The molecule has 1 unspecified atom stereocenters. The minimum Gasteiger partial charge on any atom is -0.490 e. The number of aromatic nitrogens is 2. The van der Waals surface area contributed by atoms with Gasteiger partial charge in [-0.15, -0.1) is 0 Å². The van der Waals surface area contributed by atoms with Crippen LogP contribution >= 0.6 is 12.2 Å². The van der Waals surface area contributed by atoms with Gasteiger partial charge in [0, 0.05) is 17.6 Å². The van der Waals surface area contributed by atoms with E-state index in [1.165, 1.54) is 0 Å². The fourth-order valence-electron chi connectivity index (χ4n) is 2.09. The largest absolute Gasteiger partial charge is 0.490 e. The highest BCUT2D eigenvalue weighted by Crippen LogP contribution is 2.29. The van der Waals surface area contributed by atoms with Crippen LogP contribution in [0.4, 0.5) is 0 Å². The molecular weight excluding hydrogens is 336 g/mol. The van der Waals surface area contributed by atoms with Crippen LogP contribution < -0.4 is 10.1 Å². The van der Waals surface area contributed by atoms with Crippen LogP contribution in [0, 0.1) is 16.0 Å². The molecule has 0 radical (unpaired) electrons. The van der Waals surface area contributed by atoms with E-state index in [0.29, 0.717) is 33.8 Å². The Labute approximate surface area is 152 Å². The summed E-state index contributed by atoms with van der Waals surface area (Å²) in [5, 5.41) is 29.4. The number of hydrogen-bond acceptors (Lipinski definition) is 6. The quantitative estimate of drug-likeness (QED) is 0.688. The number of nitrogens with zero attached hydrogens (tertiary/aromatic N) is 2. The predicted octanol–water partition coefficient (Wildman–Crippen LogP) is 2.81. The number of benzene rings is 1. The molecule has 0 aliphatic heterocycles. The summed E-state index contributed by atoms with van der Waals surface area (Å²) < 4.78 is 6.29. The fourth-order valence-corrected chi connectivity index (χ4v) is 2.20. The van der Waals surface area contributed by atoms with E-state index in [1.54, 1.807) is 30.3 Å². The van der Waals surface area contributed by atoms with Gasteiger partial charge in [-0.2, -0.15) is 10.4 Å². The monoisotopic (exact) mass is 358 g/mol. The van der Waals surface area contributed by atoms with Crippen molar-refractivity contribution in [1.82, 2.24) is 15.5 Å². The van der Waals surface area contributed by atoms with E-state index in [-0.39, 0.29) is 12.1 Å². The summed E-state index contributed by atoms with van der Waals surface area (Å²) >= 11 is 5.01. The highest BCUT2D eigenvalue weighted by Gasteiger charge is 2.14. The Balaban J connectivity index is 2.16. The Bertz CT molecular complexity index is 801. The van der Waals surface area contributed by atoms with Crippen molar-refractivity contribution in [3.8, 4) is 23.1 Å². The molecule has 2 rings (SSSR count). The summed E-state index contributed by atoms with van der Waals surface area (Å²) in [4.78, 5) is 0. The molecule has 6 nitrogen and oxygen atoms in total. The van der Waals surface area contributed by atoms with Gasteiger partial charge >= 0.3 is 0 Å². The first-order valence-electron chi connectivity index (χ1n) is 7.94. The minimum absolute atomic E-state index is 0.0771. The van der Waals surface area contributed by atoms with Crippen LogP contribution in [-0.4, -0.2) is 40.1 Å². The Morgan fingerprint density at radius 1 is 1.36 bits per heavy atom. The SMILES string of the molecule is CC(C)(C)NCC(O)COc1ccc(C#N)cc1-c1ccc(=S)[nH]n1. The summed E-state index contributed by atoms with van der Waals surface area (Å²) in [5.74, 6) is 0.548. The molecule has 7 heteroatoms. The number of hydrogen-bond donors (Lipinski definition) is 3. The van der Waals surface area contributed by atoms with Gasteiger partial charge in [0.2, 0.25) is 0 Å². The smallest absolute Gasteiger partial charge is 0.128 e. The number of ether oxygens (including phenoxy) is 1. The second-order valence-electron chi connectivity index (χ2n) is 6.72. The van der Waals surface area contributed by atoms with Gasteiger partial charge in [-0.05, 0) is 51.1 Å². The molecule has 25 heavy (non-hydrogen) atoms. The van der Waals surface area contributed by atoms with Crippen LogP contribution in [-0.2, 0) is 0 Å². The highest BCUT2D eigenvalue weighted by atomic mass is 32.1. The second kappa shape index (κ2) is 8.21. The number of nitrogens with one attached hydrogen (secondary N) is 2. The molecule has 0 saturated heterocycles. The molecule has 0 amide bonds. The van der Waals surface area contributed by atoms with Crippen LogP contribution in [0.25, 0.3) is 11.3 Å². The first kappa shape index (κ1) is 19.1. The van der Waals surface area contributed by atoms with Crippen molar-refractivity contribution < 1.29 is 9.84 Å². The van der Waals surface area contributed by atoms with Crippen LogP contribution in [0.3, 0.4) is 0 Å². The maximum absolute atomic E-state index is 10.1. The summed E-state index contributed by atoms with van der Waals surface area (Å²) in [7, 11) is 0. The van der Waals surface area contributed by atoms with Gasteiger partial charge in [-0.25, -0.2) is 0 Å². The zero-order valence-corrected chi connectivity index (χ0v) is 15.4. The molecule has 0 bridgehead atoms. The molecule has 0 fully saturated rings. The van der Waals surface area contributed by atoms with E-state index in [2.05, 4.69) is 21.6 Å². The third-order valence-corrected chi connectivity index (χ3v) is 3.59. The number of aliphatic hydroxyl groups is 1. The molecule has 1 aromatic carbocycles. The molecule has 0 aliphatic rings. The molecule has 1 heterocycles. The lowest BCUT2D eigenvalue weighted by atomic mass is 10.1. The predicted molar refractivity (Wildman–Crippen MR) is 98.8 cm³/mol. The maximum atomic E-state index is 10.1. The standard InChI is InChI=1S/C18H22N4O2S/c1-18(2,3)20-10-13(23)11-24-16-6-4-12(9-19)8-14(16)15-5-7-17(25)22-21-15/h4-8,13,20,23H,10-11H2,1-3H3,(H,22,25). The average Bonchev–Trinajstić information content (AvgIpc) is 2.58. The summed E-state index contributed by atoms with van der Waals surface area (Å²) in [6, 6.07) is 10.7. The molecule has 0 saturated carbocycles. The highest BCUT2D eigenvalue weighted by molar-refractivity contribution is 7.71. The molecular formula is C18H22N4O2S. The number of β-amino-alcohol motifs (C(OH)–C–C–N with tert-alkyl or cyclic N) is 1. The van der Waals surface area contributed by atoms with E-state index in [9.17, 15) is 5.11 Å². The van der Waals surface area contributed by atoms with E-state index < -0.39 is 6.10 Å². The Morgan fingerprint density at radius 3 is 2.72 bits per heavy atom. The number of H-pyrrole nitrogens is 1. The van der Waals surface area contributed by atoms with Gasteiger partial charge in [0.1, 0.15) is 23.1 Å². The van der Waals surface area contributed by atoms with Crippen LogP contribution in [0.2, 0.25) is 0 Å². The van der Waals surface area contributed by atoms with Gasteiger partial charge < -0.3 is 15.2 Å². The summed E-state index contributed by atoms with van der Waals surface area (Å²) in [5.41, 5.74) is 1.71. The molecule has 0 aliphatic carbocycles. The van der Waals surface area contributed by atoms with Gasteiger partial charge in [-0.3, -0.25) is 5.10 Å². The van der Waals surface area contributed by atoms with E-state index >= 15 is 0 Å². The number of rotatable bonds is 6. The van der Waals surface area contributed by atoms with Crippen molar-refractivity contribution in [3.05, 3.63) is 40.5 Å². The lowest BCUT2D eigenvalue weighted by molar-refractivity contribution is 0.100. The first-order valence-corrected chi connectivity index (χ1v) is 8.35. The van der Waals surface area contributed by atoms with Crippen molar-refractivity contribution in [2.75, 3.05) is 13.2 Å². The lowest BCUT2D eigenvalue weighted by Gasteiger charge is -2.23. The topological polar surface area (TPSA) is 94.0 Å². The van der Waals surface area contributed by atoms with Crippen molar-refractivity contribution in [1.29, 1.82) is 5.26 Å². The number of aliphatic hydroxyl groups excluding tert-OH is 1. The third-order valence-electron chi connectivity index (χ3n) is 3.36. The molecule has 132 valence electrons. The lowest BCUT2D eigenvalue weighted by Crippen LogP contribution is -2.42. The van der Waals surface area contributed by atoms with Gasteiger partial charge in [0.15, 0.2) is 0 Å². The number of nitriles is 1. The van der Waals surface area contributed by atoms with Crippen molar-refractivity contribution >= 4 is 12.2 Å². The van der Waals surface area contributed by atoms with Crippen LogP contribution in [0.5, 0.6) is 5.75 Å². The Hall–Kier alpha value is -2.27.